The van der Waals surface area contributed by atoms with Crippen LogP contribution in [0.15, 0.2) is 24.3 Å². The number of rotatable bonds is 10. The first kappa shape index (κ1) is 19.9. The van der Waals surface area contributed by atoms with Crippen LogP contribution in [0.5, 0.6) is 0 Å². The highest BCUT2D eigenvalue weighted by Crippen LogP contribution is 2.36. The number of hydrogen-bond acceptors (Lipinski definition) is 4. The van der Waals surface area contributed by atoms with Gasteiger partial charge in [-0.25, -0.2) is 0 Å². The van der Waals surface area contributed by atoms with E-state index in [-0.39, 0.29) is 18.3 Å². The number of unbranched alkanes of at least 4 members (excludes halogenated alkanes) is 2. The molecule has 0 amide bonds. The third kappa shape index (κ3) is 7.29. The zero-order valence-electron chi connectivity index (χ0n) is 13.8. The highest BCUT2D eigenvalue weighted by atomic mass is 16.4. The van der Waals surface area contributed by atoms with Crippen LogP contribution < -0.4 is 0 Å². The molecule has 1 rings (SSSR count). The average Bonchev–Trinajstić information content (AvgIpc) is 2.77. The van der Waals surface area contributed by atoms with E-state index >= 15 is 0 Å². The van der Waals surface area contributed by atoms with Crippen LogP contribution in [0.25, 0.3) is 0 Å². The fourth-order valence-electron chi connectivity index (χ4n) is 3.01. The van der Waals surface area contributed by atoms with Crippen LogP contribution in [0.4, 0.5) is 0 Å². The molecular formula is C18H30O5. The van der Waals surface area contributed by atoms with Gasteiger partial charge in [-0.3, -0.25) is 4.79 Å². The second-order valence-corrected chi connectivity index (χ2v) is 6.32. The summed E-state index contributed by atoms with van der Waals surface area (Å²) >= 11 is 0. The molecule has 0 aromatic rings. The lowest BCUT2D eigenvalue weighted by molar-refractivity contribution is -0.137. The van der Waals surface area contributed by atoms with Gasteiger partial charge in [0.25, 0.3) is 0 Å². The van der Waals surface area contributed by atoms with Gasteiger partial charge in [-0.1, -0.05) is 31.2 Å². The third-order valence-corrected chi connectivity index (χ3v) is 4.48. The molecule has 0 spiro atoms. The van der Waals surface area contributed by atoms with Crippen LogP contribution in [0.2, 0.25) is 0 Å². The van der Waals surface area contributed by atoms with Crippen molar-refractivity contribution >= 4 is 5.97 Å². The van der Waals surface area contributed by atoms with Crippen molar-refractivity contribution in [3.63, 3.8) is 0 Å². The van der Waals surface area contributed by atoms with Gasteiger partial charge in [0, 0.05) is 18.8 Å². The molecule has 23 heavy (non-hydrogen) atoms. The van der Waals surface area contributed by atoms with Crippen molar-refractivity contribution in [2.75, 3.05) is 0 Å². The number of hydrogen-bond donors (Lipinski definition) is 4. The van der Waals surface area contributed by atoms with Crippen molar-refractivity contribution in [1.29, 1.82) is 0 Å². The summed E-state index contributed by atoms with van der Waals surface area (Å²) in [6.07, 6.45) is 10.2. The Bertz CT molecular complexity index is 404. The maximum absolute atomic E-state index is 10.4. The summed E-state index contributed by atoms with van der Waals surface area (Å²) < 4.78 is 0. The molecule has 1 aliphatic rings. The van der Waals surface area contributed by atoms with Crippen LogP contribution >= 0.6 is 0 Å². The summed E-state index contributed by atoms with van der Waals surface area (Å²) in [7, 11) is 0. The van der Waals surface area contributed by atoms with E-state index < -0.39 is 24.3 Å². The molecule has 1 saturated carbocycles. The molecular weight excluding hydrogens is 296 g/mol. The van der Waals surface area contributed by atoms with Crippen LogP contribution in [-0.2, 0) is 4.79 Å². The Labute approximate surface area is 138 Å². The number of aliphatic carboxylic acids is 1. The van der Waals surface area contributed by atoms with Crippen molar-refractivity contribution in [3.8, 4) is 0 Å². The predicted octanol–water partition coefficient (Wildman–Crippen LogP) is 2.26. The Morgan fingerprint density at radius 1 is 1.22 bits per heavy atom. The molecule has 0 unspecified atom stereocenters. The molecule has 0 aromatic carbocycles. The molecule has 5 nitrogen and oxygen atoms in total. The Morgan fingerprint density at radius 2 is 1.96 bits per heavy atom. The lowest BCUT2D eigenvalue weighted by Gasteiger charge is -2.19. The van der Waals surface area contributed by atoms with E-state index in [1.807, 2.05) is 25.2 Å². The highest BCUT2D eigenvalue weighted by Gasteiger charge is 2.39. The van der Waals surface area contributed by atoms with Gasteiger partial charge in [0.05, 0.1) is 18.3 Å². The van der Waals surface area contributed by atoms with Gasteiger partial charge in [0.1, 0.15) is 0 Å². The molecule has 0 aromatic heterocycles. The number of carboxylic acids is 1. The van der Waals surface area contributed by atoms with Gasteiger partial charge in [0.2, 0.25) is 0 Å². The predicted molar refractivity (Wildman–Crippen MR) is 88.9 cm³/mol. The molecule has 0 bridgehead atoms. The average molecular weight is 326 g/mol. The summed E-state index contributed by atoms with van der Waals surface area (Å²) in [6.45, 7) is 1.89. The lowest BCUT2D eigenvalue weighted by atomic mass is 9.89. The number of aliphatic hydroxyl groups excluding tert-OH is 3. The third-order valence-electron chi connectivity index (χ3n) is 4.48. The minimum Gasteiger partial charge on any atom is -0.481 e. The van der Waals surface area contributed by atoms with Crippen molar-refractivity contribution in [2.24, 2.45) is 11.8 Å². The second kappa shape index (κ2) is 10.6. The molecule has 5 heteroatoms. The largest absolute Gasteiger partial charge is 0.481 e. The van der Waals surface area contributed by atoms with Gasteiger partial charge >= 0.3 is 5.97 Å². The molecule has 132 valence electrons. The summed E-state index contributed by atoms with van der Waals surface area (Å²) in [5, 5.41) is 38.3. The Morgan fingerprint density at radius 3 is 2.61 bits per heavy atom. The standard InChI is InChI=1S/C18H30O5/c1-2-13(19)10-11-15-14(16(20)12-17(15)21)8-6-4-3-5-7-9-18(22)23/h4,6,10-11,13-17,19-21H,2-3,5,7-9,12H2,1H3,(H,22,23)/b6-4-,11-10+/t13-,14-,15+,16-,17+/m1/s1. The monoisotopic (exact) mass is 326 g/mol. The topological polar surface area (TPSA) is 98.0 Å². The number of carbonyl (C=O) groups is 1. The van der Waals surface area contributed by atoms with Crippen LogP contribution in [0.3, 0.4) is 0 Å². The molecule has 4 N–H and O–H groups in total. The second-order valence-electron chi connectivity index (χ2n) is 6.32. The first-order valence-electron chi connectivity index (χ1n) is 8.55. The van der Waals surface area contributed by atoms with Gasteiger partial charge in [0.15, 0.2) is 0 Å². The first-order valence-corrected chi connectivity index (χ1v) is 8.55. The fourth-order valence-corrected chi connectivity index (χ4v) is 3.01. The minimum absolute atomic E-state index is 0.0411. The first-order chi connectivity index (χ1) is 11.0. The molecule has 1 fully saturated rings. The zero-order chi connectivity index (χ0) is 17.2. The normalized spacial score (nSPS) is 29.6. The molecule has 1 aliphatic carbocycles. The van der Waals surface area contributed by atoms with Crippen LogP contribution in [0.1, 0.15) is 51.9 Å². The Kier molecular flexibility index (Phi) is 9.14. The van der Waals surface area contributed by atoms with Gasteiger partial charge in [-0.05, 0) is 38.0 Å². The summed E-state index contributed by atoms with van der Waals surface area (Å²) in [5.74, 6) is -0.940. The summed E-state index contributed by atoms with van der Waals surface area (Å²) in [6, 6.07) is 0. The SMILES string of the molecule is CC[C@@H](O)/C=C/[C@H]1[C@@H](C/C=C\CCCCC(=O)O)[C@H](O)C[C@@H]1O. The number of allylic oxidation sites excluding steroid dienone is 2. The van der Waals surface area contributed by atoms with E-state index in [2.05, 4.69) is 0 Å². The Balaban J connectivity index is 2.42. The summed E-state index contributed by atoms with van der Waals surface area (Å²) in [5.41, 5.74) is 0. The van der Waals surface area contributed by atoms with E-state index in [9.17, 15) is 20.1 Å². The van der Waals surface area contributed by atoms with Gasteiger partial charge in [-0.2, -0.15) is 0 Å². The zero-order valence-corrected chi connectivity index (χ0v) is 13.8. The quantitative estimate of drug-likeness (QED) is 0.365. The van der Waals surface area contributed by atoms with Gasteiger partial charge in [-0.15, -0.1) is 0 Å². The Hall–Kier alpha value is -1.17. The maximum Gasteiger partial charge on any atom is 0.303 e. The van der Waals surface area contributed by atoms with Crippen molar-refractivity contribution in [3.05, 3.63) is 24.3 Å². The molecule has 5 atom stereocenters. The minimum atomic E-state index is -0.763. The molecule has 0 radical (unpaired) electrons. The fraction of sp³-hybridized carbons (Fsp3) is 0.722. The van der Waals surface area contributed by atoms with Gasteiger partial charge < -0.3 is 20.4 Å². The summed E-state index contributed by atoms with van der Waals surface area (Å²) in [4.78, 5) is 10.4. The van der Waals surface area contributed by atoms with Crippen molar-refractivity contribution in [1.82, 2.24) is 0 Å². The lowest BCUT2D eigenvalue weighted by Crippen LogP contribution is -2.20. The van der Waals surface area contributed by atoms with Crippen LogP contribution in [-0.4, -0.2) is 44.7 Å². The molecule has 0 aliphatic heterocycles. The number of carboxylic acid groups (broad SMARTS) is 1. The smallest absolute Gasteiger partial charge is 0.303 e. The molecule has 0 saturated heterocycles. The van der Waals surface area contributed by atoms with E-state index in [4.69, 9.17) is 5.11 Å². The van der Waals surface area contributed by atoms with E-state index in [0.29, 0.717) is 25.7 Å². The van der Waals surface area contributed by atoms with Crippen molar-refractivity contribution < 1.29 is 25.2 Å². The maximum atomic E-state index is 10.4. The van der Waals surface area contributed by atoms with Crippen molar-refractivity contribution in [2.45, 2.75) is 70.2 Å². The van der Waals surface area contributed by atoms with E-state index in [1.54, 1.807) is 6.08 Å². The van der Waals surface area contributed by atoms with Crippen LogP contribution in [0, 0.1) is 11.8 Å². The number of aliphatic hydroxyl groups is 3. The van der Waals surface area contributed by atoms with E-state index in [1.165, 1.54) is 0 Å². The molecule has 0 heterocycles. The highest BCUT2D eigenvalue weighted by molar-refractivity contribution is 5.66. The van der Waals surface area contributed by atoms with E-state index in [0.717, 1.165) is 12.8 Å².